The van der Waals surface area contributed by atoms with Crippen molar-refractivity contribution < 1.29 is 0 Å². The van der Waals surface area contributed by atoms with Gasteiger partial charge in [-0.05, 0) is 107 Å². The highest BCUT2D eigenvalue weighted by Gasteiger charge is 2.20. The van der Waals surface area contributed by atoms with Gasteiger partial charge < -0.3 is 9.13 Å². The van der Waals surface area contributed by atoms with Gasteiger partial charge >= 0.3 is 0 Å². The number of hydrogen-bond donors (Lipinski definition) is 0. The van der Waals surface area contributed by atoms with Gasteiger partial charge in [0.05, 0.1) is 38.6 Å². The maximum atomic E-state index is 13.9. The molecule has 5 nitrogen and oxygen atoms in total. The molecule has 5 heterocycles. The van der Waals surface area contributed by atoms with E-state index in [0.717, 1.165) is 66.2 Å². The number of hydrogen-bond acceptors (Lipinski definition) is 2. The predicted molar refractivity (Wildman–Crippen MR) is 245 cm³/mol. The molecule has 0 aliphatic rings. The Balaban J connectivity index is 0.952. The number of rotatable bonds is 4. The van der Waals surface area contributed by atoms with Crippen molar-refractivity contribution in [2.24, 2.45) is 0 Å². The zero-order chi connectivity index (χ0) is 38.8. The topological polar surface area (TPSA) is 44.2 Å². The van der Waals surface area contributed by atoms with Gasteiger partial charge in [0.2, 0.25) is 0 Å². The van der Waals surface area contributed by atoms with Gasteiger partial charge in [0.15, 0.2) is 0 Å². The number of benzene rings is 8. The van der Waals surface area contributed by atoms with Gasteiger partial charge in [0, 0.05) is 60.7 Å². The molecule has 0 fully saturated rings. The maximum absolute atomic E-state index is 13.9. The van der Waals surface area contributed by atoms with Crippen LogP contribution in [0.25, 0.3) is 115 Å². The van der Waals surface area contributed by atoms with Gasteiger partial charge in [-0.3, -0.25) is 14.2 Å². The second kappa shape index (κ2) is 12.0. The van der Waals surface area contributed by atoms with E-state index < -0.39 is 0 Å². The third-order valence-electron chi connectivity index (χ3n) is 12.4. The van der Waals surface area contributed by atoms with Gasteiger partial charge in [0.1, 0.15) is 0 Å². The van der Waals surface area contributed by atoms with Crippen LogP contribution in [0.3, 0.4) is 0 Å². The zero-order valence-corrected chi connectivity index (χ0v) is 31.7. The van der Waals surface area contributed by atoms with Crippen LogP contribution in [-0.4, -0.2) is 18.5 Å². The molecule has 0 saturated carbocycles. The summed E-state index contributed by atoms with van der Waals surface area (Å²) in [6, 6.07) is 66.8. The fraction of sp³-hybridized carbons (Fsp3) is 0. The molecule has 0 amide bonds. The molecule has 59 heavy (non-hydrogen) atoms. The lowest BCUT2D eigenvalue weighted by Crippen LogP contribution is -2.13. The van der Waals surface area contributed by atoms with E-state index in [9.17, 15) is 4.79 Å². The molecule has 274 valence electrons. The number of nitrogens with zero attached hydrogens (tertiary/aromatic N) is 4. The quantitative estimate of drug-likeness (QED) is 0.168. The minimum Gasteiger partial charge on any atom is -0.309 e. The Kier molecular flexibility index (Phi) is 6.53. The smallest absolute Gasteiger partial charge is 0.263 e. The third kappa shape index (κ3) is 4.50. The van der Waals surface area contributed by atoms with Crippen molar-refractivity contribution in [1.82, 2.24) is 18.5 Å². The van der Waals surface area contributed by atoms with Crippen LogP contribution in [0.4, 0.5) is 0 Å². The molecular weight excluding hydrogens is 721 g/mol. The standard InChI is InChI=1S/C54H32N4O/c59-54-43-18-5-4-17-41(43)52-53-42(27-28-55-52)46-32-34(23-26-51(46)58(53)54)33-11-10-14-38(29-33)57-48-20-9-7-16-40(48)45-31-36(22-25-50(45)57)35-21-24-49-44(30-35)39-15-6-8-19-47(39)56(49)37-12-2-1-3-13-37/h1-32H. The van der Waals surface area contributed by atoms with Crippen molar-refractivity contribution in [3.8, 4) is 33.6 Å². The first kappa shape index (κ1) is 32.1. The summed E-state index contributed by atoms with van der Waals surface area (Å²) in [4.78, 5) is 18.7. The first-order valence-corrected chi connectivity index (χ1v) is 20.0. The zero-order valence-electron chi connectivity index (χ0n) is 31.7. The molecule has 0 aliphatic carbocycles. The van der Waals surface area contributed by atoms with Crippen LogP contribution in [0.15, 0.2) is 199 Å². The number of para-hydroxylation sites is 3. The number of aromatic nitrogens is 4. The first-order chi connectivity index (χ1) is 29.2. The molecule has 5 aromatic heterocycles. The van der Waals surface area contributed by atoms with E-state index >= 15 is 0 Å². The molecule has 0 saturated heterocycles. The Bertz CT molecular complexity index is 3930. The van der Waals surface area contributed by atoms with E-state index in [4.69, 9.17) is 4.98 Å². The van der Waals surface area contributed by atoms with Crippen molar-refractivity contribution in [2.75, 3.05) is 0 Å². The number of fused-ring (bicyclic) bond motifs is 11. The average Bonchev–Trinajstić information content (AvgIpc) is 3.94. The Labute approximate surface area is 337 Å². The van der Waals surface area contributed by atoms with Crippen molar-refractivity contribution >= 4 is 81.7 Å². The highest BCUT2D eigenvalue weighted by atomic mass is 16.1. The summed E-state index contributed by atoms with van der Waals surface area (Å²) >= 11 is 0. The molecule has 0 N–H and O–H groups in total. The highest BCUT2D eigenvalue weighted by molar-refractivity contribution is 6.19. The largest absolute Gasteiger partial charge is 0.309 e. The minimum atomic E-state index is -0.0124. The van der Waals surface area contributed by atoms with Crippen molar-refractivity contribution in [3.05, 3.63) is 205 Å². The van der Waals surface area contributed by atoms with E-state index in [0.29, 0.717) is 5.39 Å². The second-order valence-corrected chi connectivity index (χ2v) is 15.5. The van der Waals surface area contributed by atoms with Crippen LogP contribution in [0.1, 0.15) is 0 Å². The normalized spacial score (nSPS) is 12.1. The molecule has 5 heteroatoms. The summed E-state index contributed by atoms with van der Waals surface area (Å²) < 4.78 is 6.60. The second-order valence-electron chi connectivity index (χ2n) is 15.5. The van der Waals surface area contributed by atoms with E-state index in [1.165, 1.54) is 43.7 Å². The summed E-state index contributed by atoms with van der Waals surface area (Å²) in [7, 11) is 0. The molecular formula is C54H32N4O. The summed E-state index contributed by atoms with van der Waals surface area (Å²) in [5.41, 5.74) is 14.1. The fourth-order valence-electron chi connectivity index (χ4n) is 9.81. The van der Waals surface area contributed by atoms with E-state index in [1.807, 2.05) is 40.9 Å². The van der Waals surface area contributed by atoms with Gasteiger partial charge in [-0.15, -0.1) is 0 Å². The predicted octanol–water partition coefficient (Wildman–Crippen LogP) is 13.1. The lowest BCUT2D eigenvalue weighted by atomic mass is 10.0. The molecule has 0 radical (unpaired) electrons. The summed E-state index contributed by atoms with van der Waals surface area (Å²) in [6.45, 7) is 0. The fourth-order valence-corrected chi connectivity index (χ4v) is 9.81. The van der Waals surface area contributed by atoms with Crippen LogP contribution in [-0.2, 0) is 0 Å². The SMILES string of the molecule is O=c1c2ccccc2c2nccc3c4cc(-c5cccc(-n6c7ccccc7c7cc(-c8ccc9c(c8)c8ccccc8n9-c8ccccc8)ccc76)c5)ccc4n1c32. The molecule has 0 bridgehead atoms. The average molecular weight is 753 g/mol. The maximum Gasteiger partial charge on any atom is 0.263 e. The van der Waals surface area contributed by atoms with Crippen LogP contribution < -0.4 is 5.56 Å². The Morgan fingerprint density at radius 1 is 0.339 bits per heavy atom. The molecule has 0 unspecified atom stereocenters. The third-order valence-corrected chi connectivity index (χ3v) is 12.4. The Morgan fingerprint density at radius 3 is 1.49 bits per heavy atom. The van der Waals surface area contributed by atoms with Gasteiger partial charge in [-0.1, -0.05) is 103 Å². The lowest BCUT2D eigenvalue weighted by Gasteiger charge is -2.11. The van der Waals surface area contributed by atoms with E-state index in [-0.39, 0.29) is 5.56 Å². The van der Waals surface area contributed by atoms with Gasteiger partial charge in [-0.2, -0.15) is 0 Å². The first-order valence-electron chi connectivity index (χ1n) is 20.0. The molecule has 8 aromatic carbocycles. The molecule has 0 atom stereocenters. The minimum absolute atomic E-state index is 0.0124. The van der Waals surface area contributed by atoms with Crippen molar-refractivity contribution in [3.63, 3.8) is 0 Å². The molecule has 13 rings (SSSR count). The van der Waals surface area contributed by atoms with Crippen molar-refractivity contribution in [1.29, 1.82) is 0 Å². The molecule has 13 aromatic rings. The highest BCUT2D eigenvalue weighted by Crippen LogP contribution is 2.40. The monoisotopic (exact) mass is 752 g/mol. The van der Waals surface area contributed by atoms with Crippen LogP contribution >= 0.6 is 0 Å². The molecule has 0 aliphatic heterocycles. The Morgan fingerprint density at radius 2 is 0.831 bits per heavy atom. The van der Waals surface area contributed by atoms with E-state index in [1.54, 1.807) is 0 Å². The van der Waals surface area contributed by atoms with Gasteiger partial charge in [0.25, 0.3) is 5.56 Å². The Hall–Kier alpha value is -8.02. The van der Waals surface area contributed by atoms with Crippen LogP contribution in [0.5, 0.6) is 0 Å². The lowest BCUT2D eigenvalue weighted by molar-refractivity contribution is 1.18. The summed E-state index contributed by atoms with van der Waals surface area (Å²) in [6.07, 6.45) is 1.86. The van der Waals surface area contributed by atoms with Crippen LogP contribution in [0.2, 0.25) is 0 Å². The van der Waals surface area contributed by atoms with Crippen molar-refractivity contribution in [2.45, 2.75) is 0 Å². The van der Waals surface area contributed by atoms with Crippen LogP contribution in [0, 0.1) is 0 Å². The van der Waals surface area contributed by atoms with E-state index in [2.05, 4.69) is 167 Å². The number of pyridine rings is 2. The molecule has 0 spiro atoms. The van der Waals surface area contributed by atoms with Gasteiger partial charge in [-0.25, -0.2) is 0 Å². The summed E-state index contributed by atoms with van der Waals surface area (Å²) in [5, 5.41) is 8.56. The summed E-state index contributed by atoms with van der Waals surface area (Å²) in [5.74, 6) is 0.